The van der Waals surface area contributed by atoms with Crippen molar-refractivity contribution in [3.05, 3.63) is 108 Å². The molecule has 0 saturated heterocycles. The van der Waals surface area contributed by atoms with Gasteiger partial charge in [0, 0.05) is 20.6 Å². The van der Waals surface area contributed by atoms with Crippen molar-refractivity contribution >= 4 is 5.91 Å². The van der Waals surface area contributed by atoms with Crippen molar-refractivity contribution in [1.29, 1.82) is 0 Å². The van der Waals surface area contributed by atoms with Gasteiger partial charge in [0.15, 0.2) is 6.29 Å². The minimum absolute atomic E-state index is 0.163. The molecule has 5 nitrogen and oxygen atoms in total. The van der Waals surface area contributed by atoms with E-state index in [1.54, 1.807) is 0 Å². The molecule has 0 bridgehead atoms. The molecule has 0 heterocycles. The maximum atomic E-state index is 12.4. The van der Waals surface area contributed by atoms with Crippen molar-refractivity contribution < 1.29 is 19.0 Å². The van der Waals surface area contributed by atoms with Crippen LogP contribution in [0.4, 0.5) is 0 Å². The molecule has 0 aliphatic heterocycles. The van der Waals surface area contributed by atoms with Crippen molar-refractivity contribution in [2.24, 2.45) is 5.73 Å². The van der Waals surface area contributed by atoms with Crippen LogP contribution in [-0.2, 0) is 24.6 Å². The van der Waals surface area contributed by atoms with Crippen LogP contribution >= 0.6 is 0 Å². The molecule has 1 atom stereocenters. The molecule has 5 heteroatoms. The first-order chi connectivity index (χ1) is 14.6. The molecule has 0 aliphatic rings. The van der Waals surface area contributed by atoms with Gasteiger partial charge >= 0.3 is 0 Å². The Morgan fingerprint density at radius 3 is 1.43 bits per heavy atom. The van der Waals surface area contributed by atoms with Crippen LogP contribution in [0.1, 0.15) is 23.1 Å². The van der Waals surface area contributed by atoms with E-state index in [1.807, 2.05) is 91.0 Å². The average Bonchev–Trinajstić information content (AvgIpc) is 2.81. The monoisotopic (exact) mass is 405 g/mol. The summed E-state index contributed by atoms with van der Waals surface area (Å²) in [7, 11) is 3.04. The predicted octanol–water partition coefficient (Wildman–Crippen LogP) is 3.86. The highest BCUT2D eigenvalue weighted by atomic mass is 16.7. The summed E-state index contributed by atoms with van der Waals surface area (Å²) in [6.07, 6.45) is -1.41. The lowest BCUT2D eigenvalue weighted by Gasteiger charge is -2.38. The molecule has 30 heavy (non-hydrogen) atoms. The Bertz CT molecular complexity index is 815. The van der Waals surface area contributed by atoms with E-state index in [0.29, 0.717) is 0 Å². The number of primary amides is 1. The van der Waals surface area contributed by atoms with Crippen LogP contribution in [0.2, 0.25) is 0 Å². The molecule has 0 spiro atoms. The third-order valence-electron chi connectivity index (χ3n) is 5.11. The predicted molar refractivity (Wildman–Crippen MR) is 116 cm³/mol. The zero-order chi connectivity index (χ0) is 21.4. The van der Waals surface area contributed by atoms with E-state index in [-0.39, 0.29) is 6.42 Å². The highest BCUT2D eigenvalue weighted by Gasteiger charge is 2.41. The van der Waals surface area contributed by atoms with Gasteiger partial charge in [0.05, 0.1) is 0 Å². The first kappa shape index (κ1) is 21.7. The standard InChI is InChI=1S/C25H27NO4/c1-28-23(29-2)18-22(24(26)27)30-25(19-12-6-3-7-13-19,20-14-8-4-9-15-20)21-16-10-5-11-17-21/h3-17,22-23H,18H2,1-2H3,(H2,26,27). The van der Waals surface area contributed by atoms with Gasteiger partial charge in [0.1, 0.15) is 11.7 Å². The smallest absolute Gasteiger partial charge is 0.246 e. The SMILES string of the molecule is COC(CC(OC(c1ccccc1)(c1ccccc1)c1ccccc1)C(N)=O)OC. The van der Waals surface area contributed by atoms with Crippen molar-refractivity contribution in [1.82, 2.24) is 0 Å². The van der Waals surface area contributed by atoms with Crippen molar-refractivity contribution in [3.8, 4) is 0 Å². The molecule has 0 saturated carbocycles. The summed E-state index contributed by atoms with van der Waals surface area (Å²) in [5.41, 5.74) is 7.38. The molecule has 0 fully saturated rings. The van der Waals surface area contributed by atoms with Crippen LogP contribution in [0, 0.1) is 0 Å². The summed E-state index contributed by atoms with van der Waals surface area (Å²) >= 11 is 0. The maximum absolute atomic E-state index is 12.4. The highest BCUT2D eigenvalue weighted by molar-refractivity contribution is 5.79. The van der Waals surface area contributed by atoms with Crippen molar-refractivity contribution in [3.63, 3.8) is 0 Å². The van der Waals surface area contributed by atoms with E-state index in [1.165, 1.54) is 14.2 Å². The summed E-state index contributed by atoms with van der Waals surface area (Å²) in [5, 5.41) is 0. The first-order valence-electron chi connectivity index (χ1n) is 9.81. The number of hydrogen-bond donors (Lipinski definition) is 1. The van der Waals surface area contributed by atoms with Gasteiger partial charge in [0.2, 0.25) is 5.91 Å². The third-order valence-corrected chi connectivity index (χ3v) is 5.11. The Morgan fingerprint density at radius 2 is 1.13 bits per heavy atom. The second-order valence-corrected chi connectivity index (χ2v) is 6.92. The third kappa shape index (κ3) is 4.60. The molecule has 1 unspecified atom stereocenters. The molecule has 0 aromatic heterocycles. The van der Waals surface area contributed by atoms with Gasteiger partial charge in [-0.25, -0.2) is 0 Å². The lowest BCUT2D eigenvalue weighted by atomic mass is 9.79. The first-order valence-corrected chi connectivity index (χ1v) is 9.81. The van der Waals surface area contributed by atoms with Crippen LogP contribution in [-0.4, -0.2) is 32.5 Å². The number of carbonyl (C=O) groups excluding carboxylic acids is 1. The Balaban J connectivity index is 2.21. The number of nitrogens with two attached hydrogens (primary N) is 1. The van der Waals surface area contributed by atoms with Gasteiger partial charge in [0.25, 0.3) is 0 Å². The van der Waals surface area contributed by atoms with Crippen LogP contribution < -0.4 is 5.73 Å². The van der Waals surface area contributed by atoms with Crippen LogP contribution in [0.3, 0.4) is 0 Å². The number of ether oxygens (including phenoxy) is 3. The van der Waals surface area contributed by atoms with Gasteiger partial charge in [-0.2, -0.15) is 0 Å². The summed E-state index contributed by atoms with van der Waals surface area (Å²) in [4.78, 5) is 12.4. The zero-order valence-electron chi connectivity index (χ0n) is 17.2. The Hall–Kier alpha value is -2.99. The molecule has 3 aromatic carbocycles. The fraction of sp³-hybridized carbons (Fsp3) is 0.240. The molecular weight excluding hydrogens is 378 g/mol. The summed E-state index contributed by atoms with van der Waals surface area (Å²) in [5.74, 6) is -0.582. The summed E-state index contributed by atoms with van der Waals surface area (Å²) < 4.78 is 17.3. The van der Waals surface area contributed by atoms with Gasteiger partial charge in [-0.1, -0.05) is 91.0 Å². The highest BCUT2D eigenvalue weighted by Crippen LogP contribution is 2.41. The zero-order valence-corrected chi connectivity index (χ0v) is 17.2. The number of rotatable bonds is 10. The number of carbonyl (C=O) groups is 1. The van der Waals surface area contributed by atoms with E-state index < -0.39 is 23.9 Å². The molecule has 3 aromatic rings. The second-order valence-electron chi connectivity index (χ2n) is 6.92. The molecular formula is C25H27NO4. The second kappa shape index (κ2) is 10.2. The van der Waals surface area contributed by atoms with E-state index in [4.69, 9.17) is 19.9 Å². The van der Waals surface area contributed by atoms with Gasteiger partial charge < -0.3 is 19.9 Å². The lowest BCUT2D eigenvalue weighted by Crippen LogP contribution is -2.44. The van der Waals surface area contributed by atoms with Crippen LogP contribution in [0.25, 0.3) is 0 Å². The van der Waals surface area contributed by atoms with E-state index >= 15 is 0 Å². The minimum Gasteiger partial charge on any atom is -0.367 e. The largest absolute Gasteiger partial charge is 0.367 e. The quantitative estimate of drug-likeness (QED) is 0.411. The summed E-state index contributed by atoms with van der Waals surface area (Å²) in [6.45, 7) is 0. The van der Waals surface area contributed by atoms with Crippen LogP contribution in [0.5, 0.6) is 0 Å². The number of amides is 1. The fourth-order valence-corrected chi connectivity index (χ4v) is 3.62. The Kier molecular flexibility index (Phi) is 7.36. The van der Waals surface area contributed by atoms with Crippen molar-refractivity contribution in [2.45, 2.75) is 24.4 Å². The van der Waals surface area contributed by atoms with E-state index in [9.17, 15) is 4.79 Å². The molecule has 2 N–H and O–H groups in total. The lowest BCUT2D eigenvalue weighted by molar-refractivity contribution is -0.160. The van der Waals surface area contributed by atoms with Crippen molar-refractivity contribution in [2.75, 3.05) is 14.2 Å². The minimum atomic E-state index is -1.05. The van der Waals surface area contributed by atoms with Gasteiger partial charge in [-0.15, -0.1) is 0 Å². The summed E-state index contributed by atoms with van der Waals surface area (Å²) in [6, 6.07) is 29.5. The van der Waals surface area contributed by atoms with Gasteiger partial charge in [-0.3, -0.25) is 4.79 Å². The number of methoxy groups -OCH3 is 2. The van der Waals surface area contributed by atoms with Crippen LogP contribution in [0.15, 0.2) is 91.0 Å². The normalized spacial score (nSPS) is 12.6. The molecule has 3 rings (SSSR count). The fourth-order valence-electron chi connectivity index (χ4n) is 3.62. The number of benzene rings is 3. The average molecular weight is 405 g/mol. The Morgan fingerprint density at radius 1 is 0.767 bits per heavy atom. The maximum Gasteiger partial charge on any atom is 0.246 e. The van der Waals surface area contributed by atoms with Gasteiger partial charge in [-0.05, 0) is 16.7 Å². The molecule has 0 radical (unpaired) electrons. The van der Waals surface area contributed by atoms with E-state index in [2.05, 4.69) is 0 Å². The van der Waals surface area contributed by atoms with E-state index in [0.717, 1.165) is 16.7 Å². The molecule has 0 aliphatic carbocycles. The molecule has 156 valence electrons. The number of hydrogen-bond acceptors (Lipinski definition) is 4. The molecule has 1 amide bonds. The Labute approximate surface area is 177 Å². The topological polar surface area (TPSA) is 70.8 Å².